The zero-order chi connectivity index (χ0) is 17.2. The molecule has 2 heterocycles. The second-order valence-electron chi connectivity index (χ2n) is 6.27. The van der Waals surface area contributed by atoms with E-state index < -0.39 is 6.04 Å². The standard InChI is InChI=1S/C20H19N3O2/c24-19(12-14-13-21-17-9-5-4-8-16(14)17)22-18-10-11-23(20(18)25)15-6-2-1-3-7-15/h1-9,13,18,21H,10-12H2,(H,22,24)/t18-/m1/s1. The maximum atomic E-state index is 12.6. The molecule has 1 aromatic heterocycles. The van der Waals surface area contributed by atoms with Crippen LogP contribution < -0.4 is 10.2 Å². The quantitative estimate of drug-likeness (QED) is 0.771. The van der Waals surface area contributed by atoms with E-state index in [2.05, 4.69) is 10.3 Å². The summed E-state index contributed by atoms with van der Waals surface area (Å²) in [4.78, 5) is 29.9. The van der Waals surface area contributed by atoms with Crippen LogP contribution in [0.3, 0.4) is 0 Å². The normalized spacial score (nSPS) is 17.2. The molecular formula is C20H19N3O2. The first-order chi connectivity index (χ1) is 12.2. The van der Waals surface area contributed by atoms with E-state index in [4.69, 9.17) is 0 Å². The Hall–Kier alpha value is -3.08. The predicted octanol–water partition coefficient (Wildman–Crippen LogP) is 2.63. The van der Waals surface area contributed by atoms with Gasteiger partial charge in [-0.1, -0.05) is 36.4 Å². The van der Waals surface area contributed by atoms with Gasteiger partial charge in [0, 0.05) is 29.3 Å². The van der Waals surface area contributed by atoms with Crippen molar-refractivity contribution in [1.29, 1.82) is 0 Å². The molecule has 2 N–H and O–H groups in total. The van der Waals surface area contributed by atoms with Gasteiger partial charge in [-0.3, -0.25) is 9.59 Å². The molecule has 2 aromatic carbocycles. The number of anilines is 1. The van der Waals surface area contributed by atoms with E-state index in [9.17, 15) is 9.59 Å². The van der Waals surface area contributed by atoms with Crippen LogP contribution in [0.15, 0.2) is 60.8 Å². The number of aromatic nitrogens is 1. The smallest absolute Gasteiger partial charge is 0.249 e. The summed E-state index contributed by atoms with van der Waals surface area (Å²) >= 11 is 0. The summed E-state index contributed by atoms with van der Waals surface area (Å²) in [6.07, 6.45) is 2.75. The molecule has 4 rings (SSSR count). The molecule has 0 spiro atoms. The Kier molecular flexibility index (Phi) is 3.98. The fourth-order valence-electron chi connectivity index (χ4n) is 3.37. The lowest BCUT2D eigenvalue weighted by Gasteiger charge is -2.17. The molecule has 1 atom stereocenters. The number of amides is 2. The van der Waals surface area contributed by atoms with E-state index in [0.29, 0.717) is 13.0 Å². The zero-order valence-corrected chi connectivity index (χ0v) is 13.7. The first-order valence-corrected chi connectivity index (χ1v) is 8.43. The van der Waals surface area contributed by atoms with Crippen molar-refractivity contribution in [2.45, 2.75) is 18.9 Å². The lowest BCUT2D eigenvalue weighted by Crippen LogP contribution is -2.42. The molecule has 25 heavy (non-hydrogen) atoms. The molecule has 0 bridgehead atoms. The van der Waals surface area contributed by atoms with Crippen LogP contribution in [-0.2, 0) is 16.0 Å². The van der Waals surface area contributed by atoms with E-state index in [0.717, 1.165) is 22.2 Å². The summed E-state index contributed by atoms with van der Waals surface area (Å²) in [7, 11) is 0. The van der Waals surface area contributed by atoms with Crippen molar-refractivity contribution >= 4 is 28.4 Å². The minimum atomic E-state index is -0.446. The number of aromatic amines is 1. The van der Waals surface area contributed by atoms with Crippen LogP contribution in [0.5, 0.6) is 0 Å². The van der Waals surface area contributed by atoms with Crippen LogP contribution in [0.4, 0.5) is 5.69 Å². The van der Waals surface area contributed by atoms with Crippen molar-refractivity contribution in [2.24, 2.45) is 0 Å². The molecule has 126 valence electrons. The Labute approximate surface area is 145 Å². The summed E-state index contributed by atoms with van der Waals surface area (Å²) in [5, 5.41) is 3.93. The number of hydrogen-bond acceptors (Lipinski definition) is 2. The Morgan fingerprint density at radius 1 is 1.12 bits per heavy atom. The van der Waals surface area contributed by atoms with Gasteiger partial charge in [0.05, 0.1) is 6.42 Å². The summed E-state index contributed by atoms with van der Waals surface area (Å²) in [6, 6.07) is 17.0. The van der Waals surface area contributed by atoms with Gasteiger partial charge in [-0.25, -0.2) is 0 Å². The number of H-pyrrole nitrogens is 1. The summed E-state index contributed by atoms with van der Waals surface area (Å²) in [6.45, 7) is 0.626. The molecule has 3 aromatic rings. The molecule has 1 saturated heterocycles. The number of benzene rings is 2. The van der Waals surface area contributed by atoms with Gasteiger partial charge in [-0.05, 0) is 30.2 Å². The van der Waals surface area contributed by atoms with Crippen molar-refractivity contribution in [3.63, 3.8) is 0 Å². The minimum Gasteiger partial charge on any atom is -0.361 e. The summed E-state index contributed by atoms with van der Waals surface area (Å²) < 4.78 is 0. The third-order valence-electron chi connectivity index (χ3n) is 4.63. The molecule has 1 aliphatic heterocycles. The average Bonchev–Trinajstić information content (AvgIpc) is 3.20. The Morgan fingerprint density at radius 2 is 1.88 bits per heavy atom. The highest BCUT2D eigenvalue weighted by molar-refractivity contribution is 6.01. The van der Waals surface area contributed by atoms with Gasteiger partial charge in [0.25, 0.3) is 0 Å². The molecule has 0 saturated carbocycles. The second-order valence-corrected chi connectivity index (χ2v) is 6.27. The van der Waals surface area contributed by atoms with Gasteiger partial charge in [0.15, 0.2) is 0 Å². The van der Waals surface area contributed by atoms with E-state index >= 15 is 0 Å². The summed E-state index contributed by atoms with van der Waals surface area (Å²) in [5.74, 6) is -0.170. The van der Waals surface area contributed by atoms with Crippen LogP contribution >= 0.6 is 0 Å². The molecule has 1 aliphatic rings. The van der Waals surface area contributed by atoms with Gasteiger partial charge >= 0.3 is 0 Å². The molecule has 5 nitrogen and oxygen atoms in total. The second kappa shape index (κ2) is 6.43. The number of rotatable bonds is 4. The van der Waals surface area contributed by atoms with Crippen LogP contribution in [0.2, 0.25) is 0 Å². The highest BCUT2D eigenvalue weighted by Crippen LogP contribution is 2.22. The van der Waals surface area contributed by atoms with Crippen molar-refractivity contribution in [3.8, 4) is 0 Å². The first kappa shape index (κ1) is 15.4. The number of fused-ring (bicyclic) bond motifs is 1. The fourth-order valence-corrected chi connectivity index (χ4v) is 3.37. The molecule has 0 aliphatic carbocycles. The fraction of sp³-hybridized carbons (Fsp3) is 0.200. The molecular weight excluding hydrogens is 314 g/mol. The predicted molar refractivity (Wildman–Crippen MR) is 97.3 cm³/mol. The van der Waals surface area contributed by atoms with Crippen LogP contribution in [0, 0.1) is 0 Å². The maximum Gasteiger partial charge on any atom is 0.249 e. The average molecular weight is 333 g/mol. The molecule has 0 radical (unpaired) electrons. The molecule has 1 fully saturated rings. The van der Waals surface area contributed by atoms with Crippen molar-refractivity contribution < 1.29 is 9.59 Å². The Bertz CT molecular complexity index is 917. The molecule has 0 unspecified atom stereocenters. The zero-order valence-electron chi connectivity index (χ0n) is 13.7. The van der Waals surface area contributed by atoms with E-state index in [1.807, 2.05) is 60.8 Å². The van der Waals surface area contributed by atoms with Crippen LogP contribution in [-0.4, -0.2) is 29.4 Å². The minimum absolute atomic E-state index is 0.0431. The van der Waals surface area contributed by atoms with Crippen molar-refractivity contribution in [1.82, 2.24) is 10.3 Å². The maximum absolute atomic E-state index is 12.6. The number of para-hydroxylation sites is 2. The van der Waals surface area contributed by atoms with Gasteiger partial charge in [-0.15, -0.1) is 0 Å². The van der Waals surface area contributed by atoms with Gasteiger partial charge in [0.1, 0.15) is 6.04 Å². The largest absolute Gasteiger partial charge is 0.361 e. The first-order valence-electron chi connectivity index (χ1n) is 8.43. The SMILES string of the molecule is O=C(Cc1c[nH]c2ccccc12)N[C@@H]1CCN(c2ccccc2)C1=O. The van der Waals surface area contributed by atoms with Crippen LogP contribution in [0.1, 0.15) is 12.0 Å². The van der Waals surface area contributed by atoms with E-state index in [-0.39, 0.29) is 18.2 Å². The Balaban J connectivity index is 1.42. The monoisotopic (exact) mass is 333 g/mol. The number of carbonyl (C=O) groups is 2. The lowest BCUT2D eigenvalue weighted by atomic mass is 10.1. The molecule has 2 amide bonds. The number of nitrogens with one attached hydrogen (secondary N) is 2. The van der Waals surface area contributed by atoms with Gasteiger partial charge in [0.2, 0.25) is 11.8 Å². The van der Waals surface area contributed by atoms with Gasteiger partial charge in [-0.2, -0.15) is 0 Å². The van der Waals surface area contributed by atoms with E-state index in [1.54, 1.807) is 4.90 Å². The number of hydrogen-bond donors (Lipinski definition) is 2. The van der Waals surface area contributed by atoms with Crippen molar-refractivity contribution in [3.05, 3.63) is 66.4 Å². The lowest BCUT2D eigenvalue weighted by molar-refractivity contribution is -0.126. The topological polar surface area (TPSA) is 65.2 Å². The van der Waals surface area contributed by atoms with E-state index in [1.165, 1.54) is 0 Å². The number of nitrogens with zero attached hydrogens (tertiary/aromatic N) is 1. The highest BCUT2D eigenvalue weighted by Gasteiger charge is 2.33. The highest BCUT2D eigenvalue weighted by atomic mass is 16.2. The van der Waals surface area contributed by atoms with Crippen molar-refractivity contribution in [2.75, 3.05) is 11.4 Å². The Morgan fingerprint density at radius 3 is 2.72 bits per heavy atom. The third kappa shape index (κ3) is 3.01. The summed E-state index contributed by atoms with van der Waals surface area (Å²) in [5.41, 5.74) is 2.83. The molecule has 5 heteroatoms. The van der Waals surface area contributed by atoms with Gasteiger partial charge < -0.3 is 15.2 Å². The van der Waals surface area contributed by atoms with Crippen LogP contribution in [0.25, 0.3) is 10.9 Å². The third-order valence-corrected chi connectivity index (χ3v) is 4.63. The number of carbonyl (C=O) groups excluding carboxylic acids is 2.